The van der Waals surface area contributed by atoms with E-state index in [9.17, 15) is 9.59 Å². The Morgan fingerprint density at radius 1 is 0.931 bits per heavy atom. The number of aryl methyl sites for hydroxylation is 3. The predicted molar refractivity (Wildman–Crippen MR) is 109 cm³/mol. The van der Waals surface area contributed by atoms with E-state index in [-0.39, 0.29) is 12.4 Å². The highest BCUT2D eigenvalue weighted by Gasteiger charge is 2.13. The molecule has 0 aliphatic heterocycles. The molecular formula is C22H20N4O3. The summed E-state index contributed by atoms with van der Waals surface area (Å²) in [7, 11) is 0. The van der Waals surface area contributed by atoms with Crippen LogP contribution in [0.5, 0.6) is 0 Å². The highest BCUT2D eigenvalue weighted by molar-refractivity contribution is 5.55. The fourth-order valence-electron chi connectivity index (χ4n) is 3.17. The molecule has 7 heteroatoms. The lowest BCUT2D eigenvalue weighted by atomic mass is 10.1. The van der Waals surface area contributed by atoms with Gasteiger partial charge < -0.3 is 4.52 Å². The second kappa shape index (κ2) is 7.35. The first-order valence-corrected chi connectivity index (χ1v) is 9.22. The Labute approximate surface area is 166 Å². The van der Waals surface area contributed by atoms with Gasteiger partial charge in [0.05, 0.1) is 5.69 Å². The fourth-order valence-corrected chi connectivity index (χ4v) is 3.17. The van der Waals surface area contributed by atoms with Gasteiger partial charge in [-0.1, -0.05) is 41.1 Å². The summed E-state index contributed by atoms with van der Waals surface area (Å²) in [6.07, 6.45) is 3.14. The third kappa shape index (κ3) is 3.67. The van der Waals surface area contributed by atoms with Gasteiger partial charge in [0.2, 0.25) is 11.7 Å². The van der Waals surface area contributed by atoms with E-state index in [1.165, 1.54) is 9.13 Å². The average molecular weight is 388 g/mol. The Balaban J connectivity index is 1.66. The second-order valence-corrected chi connectivity index (χ2v) is 7.08. The zero-order chi connectivity index (χ0) is 20.5. The van der Waals surface area contributed by atoms with Gasteiger partial charge in [-0.2, -0.15) is 4.98 Å². The second-order valence-electron chi connectivity index (χ2n) is 7.08. The van der Waals surface area contributed by atoms with Gasteiger partial charge in [-0.15, -0.1) is 0 Å². The molecule has 0 saturated heterocycles. The zero-order valence-electron chi connectivity index (χ0n) is 16.4. The standard InChI is InChI=1S/C22H20N4O3/c1-14-5-4-6-17(11-14)20-23-19(29-24-20)13-25-9-10-26(22(28)21(25)27)18-12-15(2)7-8-16(18)3/h4-12H,13H2,1-3H3. The van der Waals surface area contributed by atoms with E-state index in [0.29, 0.717) is 11.5 Å². The summed E-state index contributed by atoms with van der Waals surface area (Å²) >= 11 is 0. The molecule has 146 valence electrons. The number of aromatic nitrogens is 4. The number of nitrogens with zero attached hydrogens (tertiary/aromatic N) is 4. The maximum Gasteiger partial charge on any atom is 0.320 e. The Hall–Kier alpha value is -3.74. The lowest BCUT2D eigenvalue weighted by molar-refractivity contribution is 0.369. The summed E-state index contributed by atoms with van der Waals surface area (Å²) in [5.74, 6) is 0.702. The molecule has 0 atom stereocenters. The minimum absolute atomic E-state index is 0.0283. The first-order chi connectivity index (χ1) is 13.9. The number of benzene rings is 2. The number of hydrogen-bond donors (Lipinski definition) is 0. The van der Waals surface area contributed by atoms with Crippen molar-refractivity contribution in [3.05, 3.63) is 98.1 Å². The minimum atomic E-state index is -0.649. The average Bonchev–Trinajstić information content (AvgIpc) is 3.16. The van der Waals surface area contributed by atoms with Crippen molar-refractivity contribution >= 4 is 0 Å². The molecule has 2 aromatic carbocycles. The summed E-state index contributed by atoms with van der Waals surface area (Å²) in [4.78, 5) is 29.6. The van der Waals surface area contributed by atoms with E-state index in [2.05, 4.69) is 10.1 Å². The monoisotopic (exact) mass is 388 g/mol. The first-order valence-electron chi connectivity index (χ1n) is 9.22. The van der Waals surface area contributed by atoms with Gasteiger partial charge in [-0.3, -0.25) is 18.7 Å². The van der Waals surface area contributed by atoms with Gasteiger partial charge in [0, 0.05) is 18.0 Å². The summed E-state index contributed by atoms with van der Waals surface area (Å²) < 4.78 is 7.92. The van der Waals surface area contributed by atoms with Gasteiger partial charge in [0.25, 0.3) is 0 Å². The fraction of sp³-hybridized carbons (Fsp3) is 0.182. The van der Waals surface area contributed by atoms with E-state index in [0.717, 1.165) is 22.3 Å². The van der Waals surface area contributed by atoms with Crippen LogP contribution < -0.4 is 11.1 Å². The smallest absolute Gasteiger partial charge is 0.320 e. The third-order valence-electron chi connectivity index (χ3n) is 4.73. The van der Waals surface area contributed by atoms with Crippen LogP contribution >= 0.6 is 0 Å². The van der Waals surface area contributed by atoms with E-state index < -0.39 is 11.1 Å². The van der Waals surface area contributed by atoms with Crippen LogP contribution in [-0.4, -0.2) is 19.3 Å². The summed E-state index contributed by atoms with van der Waals surface area (Å²) in [6.45, 7) is 5.85. The van der Waals surface area contributed by atoms with E-state index in [1.807, 2.05) is 63.2 Å². The maximum absolute atomic E-state index is 12.7. The van der Waals surface area contributed by atoms with Crippen LogP contribution in [0.3, 0.4) is 0 Å². The largest absolute Gasteiger partial charge is 0.337 e. The quantitative estimate of drug-likeness (QED) is 0.502. The Morgan fingerprint density at radius 2 is 1.72 bits per heavy atom. The summed E-state index contributed by atoms with van der Waals surface area (Å²) in [5, 5.41) is 3.98. The molecule has 0 spiro atoms. The van der Waals surface area contributed by atoms with Crippen molar-refractivity contribution in [1.29, 1.82) is 0 Å². The summed E-state index contributed by atoms with van der Waals surface area (Å²) in [6, 6.07) is 13.5. The normalized spacial score (nSPS) is 11.0. The Bertz CT molecular complexity index is 1310. The van der Waals surface area contributed by atoms with Gasteiger partial charge in [-0.25, -0.2) is 0 Å². The third-order valence-corrected chi connectivity index (χ3v) is 4.73. The molecule has 0 bridgehead atoms. The predicted octanol–water partition coefficient (Wildman–Crippen LogP) is 3.02. The highest BCUT2D eigenvalue weighted by atomic mass is 16.5. The topological polar surface area (TPSA) is 82.9 Å². The van der Waals surface area contributed by atoms with Crippen LogP contribution in [0.15, 0.2) is 69.0 Å². The molecule has 0 aliphatic rings. The molecule has 4 rings (SSSR count). The van der Waals surface area contributed by atoms with Crippen molar-refractivity contribution in [2.24, 2.45) is 0 Å². The van der Waals surface area contributed by atoms with E-state index in [4.69, 9.17) is 4.52 Å². The van der Waals surface area contributed by atoms with Crippen molar-refractivity contribution in [3.8, 4) is 17.1 Å². The Kier molecular flexibility index (Phi) is 4.72. The van der Waals surface area contributed by atoms with Crippen LogP contribution in [0.2, 0.25) is 0 Å². The molecule has 0 saturated carbocycles. The molecular weight excluding hydrogens is 368 g/mol. The molecule has 29 heavy (non-hydrogen) atoms. The van der Waals surface area contributed by atoms with Crippen LogP contribution in [0.25, 0.3) is 17.1 Å². The molecule has 2 heterocycles. The van der Waals surface area contributed by atoms with Gasteiger partial charge in [-0.05, 0) is 44.0 Å². The van der Waals surface area contributed by atoms with Crippen molar-refractivity contribution in [3.63, 3.8) is 0 Å². The molecule has 0 N–H and O–H groups in total. The van der Waals surface area contributed by atoms with Crippen LogP contribution in [0, 0.1) is 20.8 Å². The van der Waals surface area contributed by atoms with E-state index >= 15 is 0 Å². The molecule has 0 fully saturated rings. The Morgan fingerprint density at radius 3 is 2.52 bits per heavy atom. The molecule has 0 radical (unpaired) electrons. The first kappa shape index (κ1) is 18.6. The number of hydrogen-bond acceptors (Lipinski definition) is 5. The molecule has 0 aliphatic carbocycles. The molecule has 4 aromatic rings. The van der Waals surface area contributed by atoms with Gasteiger partial charge in [0.15, 0.2) is 0 Å². The number of rotatable bonds is 4. The van der Waals surface area contributed by atoms with Crippen molar-refractivity contribution in [2.45, 2.75) is 27.3 Å². The van der Waals surface area contributed by atoms with Crippen LogP contribution in [0.1, 0.15) is 22.6 Å². The minimum Gasteiger partial charge on any atom is -0.337 e. The lowest BCUT2D eigenvalue weighted by Crippen LogP contribution is -2.40. The SMILES string of the molecule is Cc1cccc(-c2noc(Cn3ccn(-c4cc(C)ccc4C)c(=O)c3=O)n2)c1. The van der Waals surface area contributed by atoms with Crippen LogP contribution in [0.4, 0.5) is 0 Å². The van der Waals surface area contributed by atoms with Gasteiger partial charge in [0.1, 0.15) is 6.54 Å². The van der Waals surface area contributed by atoms with Crippen molar-refractivity contribution in [1.82, 2.24) is 19.3 Å². The van der Waals surface area contributed by atoms with Crippen LogP contribution in [-0.2, 0) is 6.54 Å². The molecule has 0 amide bonds. The summed E-state index contributed by atoms with van der Waals surface area (Å²) in [5.41, 5.74) is 3.26. The van der Waals surface area contributed by atoms with Crippen molar-refractivity contribution in [2.75, 3.05) is 0 Å². The maximum atomic E-state index is 12.7. The van der Waals surface area contributed by atoms with E-state index in [1.54, 1.807) is 12.4 Å². The zero-order valence-corrected chi connectivity index (χ0v) is 16.4. The molecule has 7 nitrogen and oxygen atoms in total. The van der Waals surface area contributed by atoms with Crippen molar-refractivity contribution < 1.29 is 4.52 Å². The molecule has 0 unspecified atom stereocenters. The molecule has 2 aromatic heterocycles. The highest BCUT2D eigenvalue weighted by Crippen LogP contribution is 2.17. The lowest BCUT2D eigenvalue weighted by Gasteiger charge is -2.11. The van der Waals surface area contributed by atoms with Gasteiger partial charge >= 0.3 is 11.1 Å².